The molecule has 0 aliphatic heterocycles. The highest BCUT2D eigenvalue weighted by molar-refractivity contribution is 5.88. The molecule has 2 saturated carbocycles. The Hall–Kier alpha value is -0.610. The van der Waals surface area contributed by atoms with Crippen LogP contribution in [0.25, 0.3) is 0 Å². The molecule has 2 aliphatic carbocycles. The molecule has 0 aromatic carbocycles. The average Bonchev–Trinajstić information content (AvgIpc) is 2.99. The van der Waals surface area contributed by atoms with E-state index < -0.39 is 5.54 Å². The lowest BCUT2D eigenvalue weighted by atomic mass is 9.73. The van der Waals surface area contributed by atoms with Crippen LogP contribution >= 0.6 is 0 Å². The molecule has 0 aromatic rings. The van der Waals surface area contributed by atoms with Crippen molar-refractivity contribution in [3.63, 3.8) is 0 Å². The third kappa shape index (κ3) is 2.23. The monoisotopic (exact) mass is 226 g/mol. The van der Waals surface area contributed by atoms with Gasteiger partial charge in [-0.15, -0.1) is 0 Å². The van der Waals surface area contributed by atoms with Crippen LogP contribution in [0.15, 0.2) is 0 Å². The highest BCUT2D eigenvalue weighted by Crippen LogP contribution is 2.36. The highest BCUT2D eigenvalue weighted by atomic mass is 16.3. The Morgan fingerprint density at radius 3 is 2.69 bits per heavy atom. The Labute approximate surface area is 96.6 Å². The molecule has 92 valence electrons. The fraction of sp³-hybridized carbons (Fsp3) is 0.917. The van der Waals surface area contributed by atoms with E-state index in [1.165, 1.54) is 0 Å². The van der Waals surface area contributed by atoms with E-state index in [0.29, 0.717) is 6.54 Å². The van der Waals surface area contributed by atoms with Crippen LogP contribution in [0.1, 0.15) is 45.4 Å². The third-order valence-corrected chi connectivity index (χ3v) is 4.17. The van der Waals surface area contributed by atoms with Crippen LogP contribution in [0.3, 0.4) is 0 Å². The summed E-state index contributed by atoms with van der Waals surface area (Å²) in [7, 11) is 0. The summed E-state index contributed by atoms with van der Waals surface area (Å²) >= 11 is 0. The van der Waals surface area contributed by atoms with Gasteiger partial charge in [-0.2, -0.15) is 0 Å². The number of aliphatic hydroxyl groups excluding tert-OH is 1. The number of hydrogen-bond acceptors (Lipinski definition) is 3. The topological polar surface area (TPSA) is 75.4 Å². The number of aliphatic hydroxyl groups is 1. The standard InChI is InChI=1S/C12H22N2O2/c1-11(5-3-2-4-9(11)15)8-14-10(16)12(13)6-7-12/h9,15H,2-8,13H2,1H3,(H,14,16). The Balaban J connectivity index is 1.86. The van der Waals surface area contributed by atoms with Crippen LogP contribution < -0.4 is 11.1 Å². The molecule has 0 radical (unpaired) electrons. The molecule has 4 heteroatoms. The zero-order chi connectivity index (χ0) is 11.8. The first-order valence-electron chi connectivity index (χ1n) is 6.22. The molecule has 0 heterocycles. The molecular formula is C12H22N2O2. The van der Waals surface area contributed by atoms with Crippen molar-refractivity contribution in [2.24, 2.45) is 11.1 Å². The minimum absolute atomic E-state index is 0.0495. The van der Waals surface area contributed by atoms with E-state index in [2.05, 4.69) is 5.32 Å². The number of nitrogens with two attached hydrogens (primary N) is 1. The second-order valence-corrected chi connectivity index (χ2v) is 5.75. The highest BCUT2D eigenvalue weighted by Gasteiger charge is 2.46. The van der Waals surface area contributed by atoms with Crippen LogP contribution in [0.4, 0.5) is 0 Å². The zero-order valence-electron chi connectivity index (χ0n) is 9.96. The second kappa shape index (κ2) is 4.00. The van der Waals surface area contributed by atoms with Crippen LogP contribution in [-0.2, 0) is 4.79 Å². The Morgan fingerprint density at radius 1 is 1.44 bits per heavy atom. The summed E-state index contributed by atoms with van der Waals surface area (Å²) in [6, 6.07) is 0. The summed E-state index contributed by atoms with van der Waals surface area (Å²) in [5.41, 5.74) is 5.04. The van der Waals surface area contributed by atoms with Gasteiger partial charge in [0.25, 0.3) is 0 Å². The summed E-state index contributed by atoms with van der Waals surface area (Å²) in [5.74, 6) is -0.0495. The molecular weight excluding hydrogens is 204 g/mol. The molecule has 2 unspecified atom stereocenters. The maximum Gasteiger partial charge on any atom is 0.240 e. The van der Waals surface area contributed by atoms with E-state index in [1.807, 2.05) is 6.92 Å². The van der Waals surface area contributed by atoms with Crippen molar-refractivity contribution in [1.82, 2.24) is 5.32 Å². The fourth-order valence-electron chi connectivity index (χ4n) is 2.41. The summed E-state index contributed by atoms with van der Waals surface area (Å²) in [6.45, 7) is 2.60. The quantitative estimate of drug-likeness (QED) is 0.657. The van der Waals surface area contributed by atoms with E-state index >= 15 is 0 Å². The molecule has 4 nitrogen and oxygen atoms in total. The van der Waals surface area contributed by atoms with Crippen LogP contribution in [0.2, 0.25) is 0 Å². The van der Waals surface area contributed by atoms with E-state index in [9.17, 15) is 9.90 Å². The van der Waals surface area contributed by atoms with Gasteiger partial charge in [-0.1, -0.05) is 19.8 Å². The summed E-state index contributed by atoms with van der Waals surface area (Å²) < 4.78 is 0. The van der Waals surface area contributed by atoms with Gasteiger partial charge >= 0.3 is 0 Å². The third-order valence-electron chi connectivity index (χ3n) is 4.17. The van der Waals surface area contributed by atoms with Crippen molar-refractivity contribution in [2.45, 2.75) is 57.1 Å². The van der Waals surface area contributed by atoms with Gasteiger partial charge in [0.2, 0.25) is 5.91 Å². The van der Waals surface area contributed by atoms with Crippen LogP contribution in [0.5, 0.6) is 0 Å². The van der Waals surface area contributed by atoms with Crippen molar-refractivity contribution in [2.75, 3.05) is 6.54 Å². The molecule has 4 N–H and O–H groups in total. The smallest absolute Gasteiger partial charge is 0.240 e. The van der Waals surface area contributed by atoms with E-state index in [-0.39, 0.29) is 17.4 Å². The van der Waals surface area contributed by atoms with Gasteiger partial charge < -0.3 is 16.2 Å². The maximum atomic E-state index is 11.7. The number of hydrogen-bond donors (Lipinski definition) is 3. The van der Waals surface area contributed by atoms with Crippen molar-refractivity contribution in [3.05, 3.63) is 0 Å². The van der Waals surface area contributed by atoms with Gasteiger partial charge in [0, 0.05) is 12.0 Å². The normalized spacial score (nSPS) is 36.8. The maximum absolute atomic E-state index is 11.7. The van der Waals surface area contributed by atoms with Gasteiger partial charge in [-0.05, 0) is 25.7 Å². The Morgan fingerprint density at radius 2 is 2.12 bits per heavy atom. The molecule has 2 fully saturated rings. The molecule has 0 spiro atoms. The summed E-state index contributed by atoms with van der Waals surface area (Å²) in [5, 5.41) is 12.9. The first kappa shape index (κ1) is 11.9. The Bertz CT molecular complexity index is 289. The average molecular weight is 226 g/mol. The first-order chi connectivity index (χ1) is 7.46. The zero-order valence-corrected chi connectivity index (χ0v) is 9.96. The second-order valence-electron chi connectivity index (χ2n) is 5.75. The van der Waals surface area contributed by atoms with Crippen molar-refractivity contribution < 1.29 is 9.90 Å². The number of amides is 1. The number of carbonyl (C=O) groups is 1. The van der Waals surface area contributed by atoms with Gasteiger partial charge in [0.05, 0.1) is 11.6 Å². The van der Waals surface area contributed by atoms with E-state index in [4.69, 9.17) is 5.73 Å². The van der Waals surface area contributed by atoms with Gasteiger partial charge in [-0.25, -0.2) is 0 Å². The molecule has 16 heavy (non-hydrogen) atoms. The van der Waals surface area contributed by atoms with Gasteiger partial charge in [-0.3, -0.25) is 4.79 Å². The van der Waals surface area contributed by atoms with Crippen molar-refractivity contribution in [1.29, 1.82) is 0 Å². The lowest BCUT2D eigenvalue weighted by Crippen LogP contribution is -2.50. The van der Waals surface area contributed by atoms with E-state index in [1.54, 1.807) is 0 Å². The summed E-state index contributed by atoms with van der Waals surface area (Å²) in [6.07, 6.45) is 5.33. The lowest BCUT2D eigenvalue weighted by molar-refractivity contribution is -0.124. The molecule has 2 rings (SSSR count). The minimum Gasteiger partial charge on any atom is -0.392 e. The number of nitrogens with one attached hydrogen (secondary N) is 1. The first-order valence-corrected chi connectivity index (χ1v) is 6.22. The molecule has 2 atom stereocenters. The SMILES string of the molecule is CC1(CNC(=O)C2(N)CC2)CCCCC1O. The largest absolute Gasteiger partial charge is 0.392 e. The molecule has 1 amide bonds. The number of rotatable bonds is 3. The number of carbonyl (C=O) groups excluding carboxylic acids is 1. The van der Waals surface area contributed by atoms with Crippen molar-refractivity contribution in [3.8, 4) is 0 Å². The molecule has 2 aliphatic rings. The predicted octanol–water partition coefficient (Wildman–Crippen LogP) is 0.535. The van der Waals surface area contributed by atoms with Crippen molar-refractivity contribution >= 4 is 5.91 Å². The van der Waals surface area contributed by atoms with E-state index in [0.717, 1.165) is 38.5 Å². The van der Waals surface area contributed by atoms with Gasteiger partial charge in [0.15, 0.2) is 0 Å². The predicted molar refractivity (Wildman–Crippen MR) is 61.7 cm³/mol. The summed E-state index contributed by atoms with van der Waals surface area (Å²) in [4.78, 5) is 11.7. The van der Waals surface area contributed by atoms with Crippen LogP contribution in [0, 0.1) is 5.41 Å². The van der Waals surface area contributed by atoms with Crippen LogP contribution in [-0.4, -0.2) is 29.2 Å². The lowest BCUT2D eigenvalue weighted by Gasteiger charge is -2.38. The van der Waals surface area contributed by atoms with Gasteiger partial charge in [0.1, 0.15) is 0 Å². The fourth-order valence-corrected chi connectivity index (χ4v) is 2.41. The molecule has 0 saturated heterocycles. The Kier molecular flexibility index (Phi) is 2.97. The molecule has 0 aromatic heterocycles. The molecule has 0 bridgehead atoms. The minimum atomic E-state index is -0.601.